The first-order valence-electron chi connectivity index (χ1n) is 8.84. The second kappa shape index (κ2) is 11.3. The van der Waals surface area contributed by atoms with Gasteiger partial charge in [-0.25, -0.2) is 4.39 Å². The fourth-order valence-corrected chi connectivity index (χ4v) is 2.69. The molecule has 0 saturated carbocycles. The zero-order valence-corrected chi connectivity index (χ0v) is 19.0. The van der Waals surface area contributed by atoms with Crippen LogP contribution in [0.25, 0.3) is 0 Å². The van der Waals surface area contributed by atoms with Crippen molar-refractivity contribution >= 4 is 22.6 Å². The third kappa shape index (κ3) is 5.57. The molecular weight excluding hydrogens is 678 g/mol. The minimum absolute atomic E-state index is 0.683. The van der Waals surface area contributed by atoms with Gasteiger partial charge in [0.05, 0.1) is 26.4 Å². The summed E-state index contributed by atoms with van der Waals surface area (Å²) in [6.45, 7) is -4.59. The number of rotatable bonds is 16. The molecule has 0 bridgehead atoms. The number of aliphatic hydroxyl groups excluding tert-OH is 1. The number of hydrogen-bond acceptors (Lipinski definition) is 3. The van der Waals surface area contributed by atoms with Gasteiger partial charge in [-0.15, -0.1) is 0 Å². The molecule has 3 nitrogen and oxygen atoms in total. The molecule has 0 aliphatic carbocycles. The van der Waals surface area contributed by atoms with Crippen molar-refractivity contribution in [2.45, 2.75) is 60.2 Å². The van der Waals surface area contributed by atoms with Crippen LogP contribution in [0.15, 0.2) is 0 Å². The van der Waals surface area contributed by atoms with E-state index in [0.29, 0.717) is 0 Å². The lowest BCUT2D eigenvalue weighted by atomic mass is 9.87. The Morgan fingerprint density at radius 1 is 0.583 bits per heavy atom. The first kappa shape index (κ1) is 35.4. The van der Waals surface area contributed by atoms with E-state index in [0.717, 1.165) is 22.6 Å². The molecule has 0 aliphatic heterocycles. The van der Waals surface area contributed by atoms with Crippen LogP contribution in [-0.2, 0) is 9.47 Å². The Kier molecular flexibility index (Phi) is 11.1. The topological polar surface area (TPSA) is 38.7 Å². The normalized spacial score (nSPS) is 16.4. The predicted molar refractivity (Wildman–Crippen MR) is 91.8 cm³/mol. The smallest absolute Gasteiger partial charge is 0.394 e. The van der Waals surface area contributed by atoms with Gasteiger partial charge in [0.25, 0.3) is 0 Å². The van der Waals surface area contributed by atoms with Crippen LogP contribution in [0, 0.1) is 0 Å². The van der Waals surface area contributed by atoms with Gasteiger partial charge in [0.1, 0.15) is 0 Å². The lowest BCUT2D eigenvalue weighted by Gasteiger charge is -2.43. The third-order valence-electron chi connectivity index (χ3n) is 4.26. The van der Waals surface area contributed by atoms with Gasteiger partial charge in [0, 0.05) is 4.43 Å². The van der Waals surface area contributed by atoms with Crippen LogP contribution in [0.2, 0.25) is 0 Å². The van der Waals surface area contributed by atoms with E-state index in [2.05, 4.69) is 9.47 Å². The quantitative estimate of drug-likeness (QED) is 0.0906. The highest BCUT2D eigenvalue weighted by Gasteiger charge is 2.95. The summed E-state index contributed by atoms with van der Waals surface area (Å²) < 4.78 is 237. The summed E-state index contributed by atoms with van der Waals surface area (Å²) >= 11 is 1.00. The molecule has 36 heavy (non-hydrogen) atoms. The molecule has 0 spiro atoms. The number of hydrogen-bond donors (Lipinski definition) is 1. The van der Waals surface area contributed by atoms with Gasteiger partial charge in [-0.05, 0) is 6.42 Å². The summed E-state index contributed by atoms with van der Waals surface area (Å²) in [4.78, 5) is 0. The molecule has 0 aromatic carbocycles. The van der Waals surface area contributed by atoms with E-state index in [-0.39, 0.29) is 0 Å². The Bertz CT molecular complexity index is 715. The highest BCUT2D eigenvalue weighted by molar-refractivity contribution is 14.1. The number of halogens is 18. The Balaban J connectivity index is 6.44. The first-order valence-corrected chi connectivity index (χ1v) is 10.4. The average molecular weight is 692 g/mol. The molecule has 0 amide bonds. The van der Waals surface area contributed by atoms with Crippen molar-refractivity contribution in [2.24, 2.45) is 0 Å². The standard InChI is InChI=1S/C15H14F17IO3/c16-7(1-2-33)8(17,18)9(19,20)10(21,22)11(23,24)12(25,26)13(27,28)14(29,30)15(31,32)36-6-5-35-4-3-34/h7,34H,1-6H2. The van der Waals surface area contributed by atoms with Crippen LogP contribution >= 0.6 is 22.6 Å². The molecule has 1 unspecified atom stereocenters. The van der Waals surface area contributed by atoms with Crippen LogP contribution < -0.4 is 0 Å². The lowest BCUT2D eigenvalue weighted by Crippen LogP contribution is -2.75. The molecular formula is C15H14F17IO3. The van der Waals surface area contributed by atoms with E-state index in [9.17, 15) is 74.6 Å². The molecule has 1 atom stereocenters. The Morgan fingerprint density at radius 3 is 1.36 bits per heavy atom. The first-order chi connectivity index (χ1) is 15.8. The molecule has 0 rings (SSSR count). The zero-order chi connectivity index (χ0) is 29.2. The Hall–Kier alpha value is -0.580. The van der Waals surface area contributed by atoms with Gasteiger partial charge in [-0.3, -0.25) is 0 Å². The van der Waals surface area contributed by atoms with E-state index >= 15 is 0 Å². The number of alkyl halides is 18. The molecule has 0 heterocycles. The zero-order valence-electron chi connectivity index (χ0n) is 16.9. The lowest BCUT2D eigenvalue weighted by molar-refractivity contribution is -0.474. The van der Waals surface area contributed by atoms with Crippen molar-refractivity contribution in [3.05, 3.63) is 0 Å². The highest BCUT2D eigenvalue weighted by atomic mass is 127. The Labute approximate surface area is 203 Å². The monoisotopic (exact) mass is 692 g/mol. The van der Waals surface area contributed by atoms with Crippen molar-refractivity contribution in [3.8, 4) is 0 Å². The van der Waals surface area contributed by atoms with Crippen LogP contribution in [-0.4, -0.2) is 89.7 Å². The molecule has 21 heteroatoms. The van der Waals surface area contributed by atoms with Crippen molar-refractivity contribution in [3.63, 3.8) is 0 Å². The number of aliphatic hydroxyl groups is 1. The maximum absolute atomic E-state index is 13.7. The van der Waals surface area contributed by atoms with E-state index in [1.807, 2.05) is 0 Å². The largest absolute Gasteiger partial charge is 0.426 e. The minimum atomic E-state index is -8.62. The maximum Gasteiger partial charge on any atom is 0.426 e. The average Bonchev–Trinajstić information content (AvgIpc) is 2.72. The number of ether oxygens (including phenoxy) is 2. The second-order valence-corrected chi connectivity index (χ2v) is 7.79. The van der Waals surface area contributed by atoms with Gasteiger partial charge in [-0.2, -0.15) is 70.2 Å². The molecule has 0 saturated heterocycles. The summed E-state index contributed by atoms with van der Waals surface area (Å²) in [5.74, 6) is -56.8. The maximum atomic E-state index is 13.7. The predicted octanol–water partition coefficient (Wildman–Crippen LogP) is 6.22. The minimum Gasteiger partial charge on any atom is -0.394 e. The SMILES string of the molecule is OCCOCCOC(F)(F)C(F)(F)C(F)(F)C(F)(F)C(F)(F)C(F)(F)C(F)(F)C(F)(F)C(F)CCI. The second-order valence-electron chi connectivity index (χ2n) is 6.72. The highest BCUT2D eigenvalue weighted by Crippen LogP contribution is 2.64. The van der Waals surface area contributed by atoms with Gasteiger partial charge >= 0.3 is 47.6 Å². The Morgan fingerprint density at radius 2 is 0.972 bits per heavy atom. The van der Waals surface area contributed by atoms with Crippen LogP contribution in [0.4, 0.5) is 74.6 Å². The molecule has 0 radical (unpaired) electrons. The van der Waals surface area contributed by atoms with E-state index < -0.39 is 91.0 Å². The van der Waals surface area contributed by atoms with Gasteiger partial charge in [0.15, 0.2) is 6.17 Å². The fraction of sp³-hybridized carbons (Fsp3) is 1.00. The van der Waals surface area contributed by atoms with E-state index in [4.69, 9.17) is 5.11 Å². The van der Waals surface area contributed by atoms with Crippen molar-refractivity contribution < 1.29 is 89.2 Å². The van der Waals surface area contributed by atoms with Gasteiger partial charge < -0.3 is 14.6 Å². The summed E-state index contributed by atoms with van der Waals surface area (Å²) in [5.41, 5.74) is 0. The summed E-state index contributed by atoms with van der Waals surface area (Å²) in [7, 11) is 0. The van der Waals surface area contributed by atoms with Crippen molar-refractivity contribution in [2.75, 3.05) is 30.9 Å². The summed E-state index contributed by atoms with van der Waals surface area (Å²) in [5, 5.41) is 8.29. The van der Waals surface area contributed by atoms with E-state index in [1.165, 1.54) is 0 Å². The third-order valence-corrected chi connectivity index (χ3v) is 4.88. The van der Waals surface area contributed by atoms with Crippen molar-refractivity contribution in [1.82, 2.24) is 0 Å². The summed E-state index contributed by atoms with van der Waals surface area (Å²) in [6.07, 6.45) is -13.1. The molecule has 1 N–H and O–H groups in total. The molecule has 0 aromatic heterocycles. The molecule has 0 fully saturated rings. The van der Waals surface area contributed by atoms with E-state index in [1.54, 1.807) is 0 Å². The molecule has 0 aromatic rings. The van der Waals surface area contributed by atoms with Crippen LogP contribution in [0.3, 0.4) is 0 Å². The van der Waals surface area contributed by atoms with Crippen LogP contribution in [0.1, 0.15) is 6.42 Å². The van der Waals surface area contributed by atoms with Gasteiger partial charge in [0.2, 0.25) is 0 Å². The van der Waals surface area contributed by atoms with Crippen molar-refractivity contribution in [1.29, 1.82) is 0 Å². The van der Waals surface area contributed by atoms with Gasteiger partial charge in [-0.1, -0.05) is 22.6 Å². The fourth-order valence-electron chi connectivity index (χ4n) is 2.14. The molecule has 0 aliphatic rings. The molecule has 218 valence electrons. The van der Waals surface area contributed by atoms with Crippen LogP contribution in [0.5, 0.6) is 0 Å². The summed E-state index contributed by atoms with van der Waals surface area (Å²) in [6, 6.07) is 0.